The van der Waals surface area contributed by atoms with Gasteiger partial charge in [0, 0.05) is 6.07 Å². The third kappa shape index (κ3) is 1.19. The molecule has 0 fully saturated rings. The molecule has 0 saturated carbocycles. The number of nitro benzene ring substituents is 1. The Kier molecular flexibility index (Phi) is 1.99. The van der Waals surface area contributed by atoms with Gasteiger partial charge < -0.3 is 4.74 Å². The van der Waals surface area contributed by atoms with Crippen molar-refractivity contribution in [1.29, 1.82) is 0 Å². The summed E-state index contributed by atoms with van der Waals surface area (Å²) in [6, 6.07) is 4.31. The SMILES string of the molecule is O=C1OC(Br)c2c1cccc2[N+](=O)[O-]. The Labute approximate surface area is 87.0 Å². The lowest BCUT2D eigenvalue weighted by molar-refractivity contribution is -0.385. The van der Waals surface area contributed by atoms with Crippen molar-refractivity contribution in [2.24, 2.45) is 0 Å². The van der Waals surface area contributed by atoms with Crippen LogP contribution in [0.2, 0.25) is 0 Å². The monoisotopic (exact) mass is 257 g/mol. The molecule has 1 unspecified atom stereocenters. The second-order valence-electron chi connectivity index (χ2n) is 2.72. The molecule has 1 atom stereocenters. The van der Waals surface area contributed by atoms with Gasteiger partial charge in [0.05, 0.1) is 16.1 Å². The topological polar surface area (TPSA) is 69.4 Å². The first-order chi connectivity index (χ1) is 6.61. The number of alkyl halides is 1. The number of cyclic esters (lactones) is 1. The summed E-state index contributed by atoms with van der Waals surface area (Å²) in [5.74, 6) is -0.537. The van der Waals surface area contributed by atoms with Crippen LogP contribution in [0.1, 0.15) is 20.9 Å². The Hall–Kier alpha value is -1.43. The van der Waals surface area contributed by atoms with Gasteiger partial charge in [-0.1, -0.05) is 6.07 Å². The highest BCUT2D eigenvalue weighted by molar-refractivity contribution is 9.09. The van der Waals surface area contributed by atoms with E-state index < -0.39 is 15.9 Å². The molecular formula is C8H4BrNO4. The molecule has 0 spiro atoms. The lowest BCUT2D eigenvalue weighted by Crippen LogP contribution is -1.96. The number of hydrogen-bond acceptors (Lipinski definition) is 4. The minimum atomic E-state index is -0.716. The molecule has 6 heteroatoms. The van der Waals surface area contributed by atoms with Crippen molar-refractivity contribution in [3.8, 4) is 0 Å². The van der Waals surface area contributed by atoms with E-state index in [0.717, 1.165) is 0 Å². The van der Waals surface area contributed by atoms with Crippen LogP contribution in [0.3, 0.4) is 0 Å². The lowest BCUT2D eigenvalue weighted by Gasteiger charge is -2.00. The molecule has 14 heavy (non-hydrogen) atoms. The van der Waals surface area contributed by atoms with E-state index in [-0.39, 0.29) is 11.3 Å². The number of ether oxygens (including phenoxy) is 1. The normalized spacial score (nSPS) is 18.9. The third-order valence-electron chi connectivity index (χ3n) is 1.94. The highest BCUT2D eigenvalue weighted by Gasteiger charge is 2.35. The van der Waals surface area contributed by atoms with Crippen LogP contribution in [-0.2, 0) is 4.74 Å². The molecule has 1 aliphatic heterocycles. The van der Waals surface area contributed by atoms with Crippen LogP contribution in [0.5, 0.6) is 0 Å². The Morgan fingerprint density at radius 3 is 2.86 bits per heavy atom. The van der Waals surface area contributed by atoms with Crippen LogP contribution in [0.4, 0.5) is 5.69 Å². The van der Waals surface area contributed by atoms with Gasteiger partial charge >= 0.3 is 5.97 Å². The molecule has 0 bridgehead atoms. The van der Waals surface area contributed by atoms with Crippen molar-refractivity contribution < 1.29 is 14.5 Å². The first-order valence-electron chi connectivity index (χ1n) is 3.73. The highest BCUT2D eigenvalue weighted by atomic mass is 79.9. The maximum absolute atomic E-state index is 11.2. The molecule has 1 heterocycles. The van der Waals surface area contributed by atoms with E-state index in [9.17, 15) is 14.9 Å². The Morgan fingerprint density at radius 1 is 1.50 bits per heavy atom. The minimum Gasteiger partial charge on any atom is -0.442 e. The quantitative estimate of drug-likeness (QED) is 0.335. The van der Waals surface area contributed by atoms with E-state index >= 15 is 0 Å². The van der Waals surface area contributed by atoms with Gasteiger partial charge in [-0.2, -0.15) is 0 Å². The van der Waals surface area contributed by atoms with Crippen molar-refractivity contribution in [3.05, 3.63) is 39.4 Å². The Morgan fingerprint density at radius 2 is 2.21 bits per heavy atom. The minimum absolute atomic E-state index is 0.102. The third-order valence-corrected chi connectivity index (χ3v) is 2.58. The molecular weight excluding hydrogens is 254 g/mol. The van der Waals surface area contributed by atoms with E-state index in [0.29, 0.717) is 5.56 Å². The predicted molar refractivity (Wildman–Crippen MR) is 50.2 cm³/mol. The van der Waals surface area contributed by atoms with E-state index in [1.54, 1.807) is 0 Å². The summed E-state index contributed by atoms with van der Waals surface area (Å²) >= 11 is 3.05. The van der Waals surface area contributed by atoms with Crippen LogP contribution in [0, 0.1) is 10.1 Å². The number of nitrogens with zero attached hydrogens (tertiary/aromatic N) is 1. The number of rotatable bonds is 1. The first-order valence-corrected chi connectivity index (χ1v) is 4.65. The number of halogens is 1. The number of carbonyl (C=O) groups excluding carboxylic acids is 1. The summed E-state index contributed by atoms with van der Waals surface area (Å²) in [5, 5.41) is 9.91. The highest BCUT2D eigenvalue weighted by Crippen LogP contribution is 2.40. The molecule has 0 amide bonds. The molecule has 0 N–H and O–H groups in total. The van der Waals surface area contributed by atoms with Gasteiger partial charge in [-0.05, 0) is 22.0 Å². The second kappa shape index (κ2) is 3.06. The van der Waals surface area contributed by atoms with Gasteiger partial charge in [0.2, 0.25) is 0 Å². The smallest absolute Gasteiger partial charge is 0.340 e. The zero-order chi connectivity index (χ0) is 10.3. The summed E-state index contributed by atoms with van der Waals surface area (Å²) in [6.07, 6.45) is 0. The van der Waals surface area contributed by atoms with Gasteiger partial charge in [0.15, 0.2) is 5.01 Å². The second-order valence-corrected chi connectivity index (χ2v) is 3.55. The average Bonchev–Trinajstić information content (AvgIpc) is 2.43. The number of benzene rings is 1. The van der Waals surface area contributed by atoms with E-state index in [4.69, 9.17) is 4.74 Å². The molecule has 0 radical (unpaired) electrons. The first kappa shape index (κ1) is 9.14. The van der Waals surface area contributed by atoms with Gasteiger partial charge in [0.1, 0.15) is 0 Å². The van der Waals surface area contributed by atoms with Crippen molar-refractivity contribution in [2.45, 2.75) is 5.01 Å². The van der Waals surface area contributed by atoms with Gasteiger partial charge in [-0.3, -0.25) is 10.1 Å². The lowest BCUT2D eigenvalue weighted by atomic mass is 10.1. The molecule has 0 aromatic heterocycles. The summed E-state index contributed by atoms with van der Waals surface area (Å²) in [5.41, 5.74) is 0.443. The summed E-state index contributed by atoms with van der Waals surface area (Å²) in [4.78, 5) is 21.3. The number of esters is 1. The zero-order valence-corrected chi connectivity index (χ0v) is 8.35. The summed E-state index contributed by atoms with van der Waals surface area (Å²) in [6.45, 7) is 0. The van der Waals surface area contributed by atoms with Crippen molar-refractivity contribution in [1.82, 2.24) is 0 Å². The van der Waals surface area contributed by atoms with Gasteiger partial charge in [-0.25, -0.2) is 4.79 Å². The van der Waals surface area contributed by atoms with E-state index in [1.807, 2.05) is 0 Å². The molecule has 1 aliphatic rings. The number of carbonyl (C=O) groups is 1. The van der Waals surface area contributed by atoms with Gasteiger partial charge in [0.25, 0.3) is 5.69 Å². The molecule has 72 valence electrons. The summed E-state index contributed by atoms with van der Waals surface area (Å²) in [7, 11) is 0. The summed E-state index contributed by atoms with van der Waals surface area (Å²) < 4.78 is 4.80. The fraction of sp³-hybridized carbons (Fsp3) is 0.125. The molecule has 0 saturated heterocycles. The van der Waals surface area contributed by atoms with Crippen LogP contribution >= 0.6 is 15.9 Å². The van der Waals surface area contributed by atoms with E-state index in [1.165, 1.54) is 18.2 Å². The predicted octanol–water partition coefficient (Wildman–Crippen LogP) is 2.16. The maximum atomic E-state index is 11.2. The molecule has 1 aromatic rings. The van der Waals surface area contributed by atoms with Crippen molar-refractivity contribution >= 4 is 27.6 Å². The van der Waals surface area contributed by atoms with Crippen molar-refractivity contribution in [3.63, 3.8) is 0 Å². The van der Waals surface area contributed by atoms with E-state index in [2.05, 4.69) is 15.9 Å². The fourth-order valence-corrected chi connectivity index (χ4v) is 2.00. The number of hydrogen-bond donors (Lipinski definition) is 0. The van der Waals surface area contributed by atoms with Crippen LogP contribution in [0.15, 0.2) is 18.2 Å². The average molecular weight is 258 g/mol. The van der Waals surface area contributed by atoms with Crippen LogP contribution in [-0.4, -0.2) is 10.9 Å². The van der Waals surface area contributed by atoms with Crippen LogP contribution < -0.4 is 0 Å². The number of fused-ring (bicyclic) bond motifs is 1. The number of nitro groups is 1. The van der Waals surface area contributed by atoms with Crippen molar-refractivity contribution in [2.75, 3.05) is 0 Å². The maximum Gasteiger partial charge on any atom is 0.340 e. The molecule has 1 aromatic carbocycles. The molecule has 0 aliphatic carbocycles. The standard InChI is InChI=1S/C8H4BrNO4/c9-7-6-4(8(11)14-7)2-1-3-5(6)10(12)13/h1-3,7H. The Bertz CT molecular complexity index is 431. The molecule has 5 nitrogen and oxygen atoms in total. The molecule has 2 rings (SSSR count). The zero-order valence-electron chi connectivity index (χ0n) is 6.77. The largest absolute Gasteiger partial charge is 0.442 e. The van der Waals surface area contributed by atoms with Crippen LogP contribution in [0.25, 0.3) is 0 Å². The fourth-order valence-electron chi connectivity index (χ4n) is 1.35. The van der Waals surface area contributed by atoms with Gasteiger partial charge in [-0.15, -0.1) is 0 Å². The Balaban J connectivity index is 2.68.